The van der Waals surface area contributed by atoms with Gasteiger partial charge in [-0.05, 0) is 51.1 Å². The van der Waals surface area contributed by atoms with Crippen molar-refractivity contribution in [3.63, 3.8) is 0 Å². The largest absolute Gasteiger partial charge is 0.486 e. The Morgan fingerprint density at radius 2 is 1.81 bits per heavy atom. The number of esters is 1. The summed E-state index contributed by atoms with van der Waals surface area (Å²) in [6.45, 7) is 6.43. The van der Waals surface area contributed by atoms with Crippen molar-refractivity contribution in [2.75, 3.05) is 13.2 Å². The lowest BCUT2D eigenvalue weighted by Gasteiger charge is -2.27. The molecular formula is C25H25NO5. The molecule has 0 saturated heterocycles. The maximum Gasteiger partial charge on any atom is 0.338 e. The zero-order chi connectivity index (χ0) is 22.0. The van der Waals surface area contributed by atoms with E-state index in [4.69, 9.17) is 14.2 Å². The minimum absolute atomic E-state index is 0.165. The molecule has 6 heteroatoms. The fraction of sp³-hybridized carbons (Fsp3) is 0.280. The van der Waals surface area contributed by atoms with E-state index in [0.29, 0.717) is 24.3 Å². The Bertz CT molecular complexity index is 1130. The first kappa shape index (κ1) is 20.7. The predicted octanol–water partition coefficient (Wildman–Crippen LogP) is 4.29. The molecule has 0 spiro atoms. The number of ether oxygens (including phenoxy) is 3. The van der Waals surface area contributed by atoms with Gasteiger partial charge in [0, 0.05) is 17.0 Å². The van der Waals surface area contributed by atoms with Crippen molar-refractivity contribution in [2.45, 2.75) is 33.4 Å². The molecule has 160 valence electrons. The number of carbonyl (C=O) groups excluding carboxylic acids is 2. The molecule has 2 heterocycles. The maximum atomic E-state index is 12.7. The van der Waals surface area contributed by atoms with Crippen LogP contribution in [-0.2, 0) is 11.3 Å². The molecule has 0 amide bonds. The normalized spacial score (nSPS) is 14.9. The molecule has 2 aromatic carbocycles. The van der Waals surface area contributed by atoms with Gasteiger partial charge in [0.2, 0.25) is 5.78 Å². The summed E-state index contributed by atoms with van der Waals surface area (Å²) >= 11 is 0. The summed E-state index contributed by atoms with van der Waals surface area (Å²) in [5.41, 5.74) is 3.70. The van der Waals surface area contributed by atoms with Gasteiger partial charge in [-0.25, -0.2) is 4.79 Å². The minimum Gasteiger partial charge on any atom is -0.486 e. The number of para-hydroxylation sites is 2. The lowest BCUT2D eigenvalue weighted by molar-refractivity contribution is 0.0474. The summed E-state index contributed by atoms with van der Waals surface area (Å²) in [7, 11) is 0. The molecule has 0 bridgehead atoms. The molecule has 1 aromatic heterocycles. The van der Waals surface area contributed by atoms with Crippen molar-refractivity contribution in [1.29, 1.82) is 0 Å². The highest BCUT2D eigenvalue weighted by Crippen LogP contribution is 2.31. The zero-order valence-electron chi connectivity index (χ0n) is 17.9. The third-order valence-corrected chi connectivity index (χ3v) is 5.42. The third kappa shape index (κ3) is 4.48. The smallest absolute Gasteiger partial charge is 0.338 e. The standard InChI is InChI=1S/C25H25NO5/c1-16-7-6-8-19(11-16)25(28)30-15-22(27)21-12-17(2)26(18(21)3)13-20-14-29-23-9-4-5-10-24(23)31-20/h4-12,20H,13-15H2,1-3H3/t20-/m0/s1. The van der Waals surface area contributed by atoms with E-state index in [-0.39, 0.29) is 18.5 Å². The van der Waals surface area contributed by atoms with E-state index in [1.807, 2.05) is 61.7 Å². The summed E-state index contributed by atoms with van der Waals surface area (Å²) in [5.74, 6) is 0.732. The van der Waals surface area contributed by atoms with Crippen molar-refractivity contribution in [1.82, 2.24) is 4.57 Å². The Balaban J connectivity index is 1.42. The molecule has 0 N–H and O–H groups in total. The lowest BCUT2D eigenvalue weighted by atomic mass is 10.1. The second kappa shape index (κ2) is 8.68. The van der Waals surface area contributed by atoms with Crippen LogP contribution in [0.4, 0.5) is 0 Å². The van der Waals surface area contributed by atoms with Crippen LogP contribution in [0.25, 0.3) is 0 Å². The number of Topliss-reactive ketones (excluding diaryl/α,β-unsaturated/α-hetero) is 1. The summed E-state index contributed by atoms with van der Waals surface area (Å²) in [4.78, 5) is 25.0. The average molecular weight is 419 g/mol. The van der Waals surface area contributed by atoms with E-state index >= 15 is 0 Å². The van der Waals surface area contributed by atoms with Crippen LogP contribution in [-0.4, -0.2) is 35.6 Å². The van der Waals surface area contributed by atoms with Crippen LogP contribution >= 0.6 is 0 Å². The first-order chi connectivity index (χ1) is 14.9. The Labute approximate surface area is 181 Å². The minimum atomic E-state index is -0.503. The van der Waals surface area contributed by atoms with Crippen LogP contribution in [0.1, 0.15) is 37.7 Å². The molecule has 0 aliphatic carbocycles. The summed E-state index contributed by atoms with van der Waals surface area (Å²) in [5, 5.41) is 0. The first-order valence-electron chi connectivity index (χ1n) is 10.2. The van der Waals surface area contributed by atoms with Crippen molar-refractivity contribution < 1.29 is 23.8 Å². The van der Waals surface area contributed by atoms with E-state index < -0.39 is 5.97 Å². The molecule has 0 fully saturated rings. The van der Waals surface area contributed by atoms with E-state index in [1.165, 1.54) is 0 Å². The Hall–Kier alpha value is -3.54. The molecule has 31 heavy (non-hydrogen) atoms. The Morgan fingerprint density at radius 3 is 2.58 bits per heavy atom. The van der Waals surface area contributed by atoms with Gasteiger partial charge in [-0.3, -0.25) is 4.79 Å². The topological polar surface area (TPSA) is 66.8 Å². The molecule has 3 aromatic rings. The van der Waals surface area contributed by atoms with Crippen LogP contribution in [0.2, 0.25) is 0 Å². The highest BCUT2D eigenvalue weighted by molar-refractivity contribution is 6.00. The quantitative estimate of drug-likeness (QED) is 0.440. The van der Waals surface area contributed by atoms with Gasteiger partial charge in [-0.15, -0.1) is 0 Å². The first-order valence-corrected chi connectivity index (χ1v) is 10.2. The van der Waals surface area contributed by atoms with E-state index in [0.717, 1.165) is 28.5 Å². The highest BCUT2D eigenvalue weighted by Gasteiger charge is 2.24. The lowest BCUT2D eigenvalue weighted by Crippen LogP contribution is -2.33. The number of hydrogen-bond acceptors (Lipinski definition) is 5. The molecule has 4 rings (SSSR count). The average Bonchev–Trinajstić information content (AvgIpc) is 3.05. The molecule has 0 radical (unpaired) electrons. The number of aryl methyl sites for hydroxylation is 2. The van der Waals surface area contributed by atoms with Gasteiger partial charge < -0.3 is 18.8 Å². The summed E-state index contributed by atoms with van der Waals surface area (Å²) in [6.07, 6.45) is -0.165. The monoisotopic (exact) mass is 419 g/mol. The second-order valence-electron chi connectivity index (χ2n) is 7.76. The highest BCUT2D eigenvalue weighted by atomic mass is 16.6. The van der Waals surface area contributed by atoms with Crippen molar-refractivity contribution in [3.05, 3.63) is 82.7 Å². The van der Waals surface area contributed by atoms with Gasteiger partial charge in [0.05, 0.1) is 12.1 Å². The van der Waals surface area contributed by atoms with Crippen LogP contribution in [0.3, 0.4) is 0 Å². The molecule has 1 aliphatic heterocycles. The van der Waals surface area contributed by atoms with E-state index in [9.17, 15) is 9.59 Å². The molecule has 1 aliphatic rings. The van der Waals surface area contributed by atoms with Crippen LogP contribution < -0.4 is 9.47 Å². The fourth-order valence-electron chi connectivity index (χ4n) is 3.79. The number of aromatic nitrogens is 1. The predicted molar refractivity (Wildman–Crippen MR) is 116 cm³/mol. The van der Waals surface area contributed by atoms with Crippen LogP contribution in [0.15, 0.2) is 54.6 Å². The Kier molecular flexibility index (Phi) is 5.80. The van der Waals surface area contributed by atoms with Crippen molar-refractivity contribution in [2.24, 2.45) is 0 Å². The number of carbonyl (C=O) groups is 2. The number of ketones is 1. The third-order valence-electron chi connectivity index (χ3n) is 5.42. The van der Waals surface area contributed by atoms with Gasteiger partial charge in [-0.1, -0.05) is 29.8 Å². The second-order valence-corrected chi connectivity index (χ2v) is 7.76. The SMILES string of the molecule is Cc1cccc(C(=O)OCC(=O)c2cc(C)n(C[C@H]3COc4ccccc4O3)c2C)c1. The van der Waals surface area contributed by atoms with Gasteiger partial charge in [0.1, 0.15) is 6.61 Å². The summed E-state index contributed by atoms with van der Waals surface area (Å²) in [6, 6.07) is 16.5. The van der Waals surface area contributed by atoms with E-state index in [1.54, 1.807) is 18.2 Å². The van der Waals surface area contributed by atoms with Crippen LogP contribution in [0, 0.1) is 20.8 Å². The summed E-state index contributed by atoms with van der Waals surface area (Å²) < 4.78 is 19.1. The van der Waals surface area contributed by atoms with Gasteiger partial charge in [-0.2, -0.15) is 0 Å². The molecule has 0 unspecified atom stereocenters. The van der Waals surface area contributed by atoms with E-state index in [2.05, 4.69) is 0 Å². The number of nitrogens with zero attached hydrogens (tertiary/aromatic N) is 1. The molecule has 6 nitrogen and oxygen atoms in total. The maximum absolute atomic E-state index is 12.7. The number of fused-ring (bicyclic) bond motifs is 1. The molecular weight excluding hydrogens is 394 g/mol. The van der Waals surface area contributed by atoms with Crippen LogP contribution in [0.5, 0.6) is 11.5 Å². The zero-order valence-corrected chi connectivity index (χ0v) is 17.9. The fourth-order valence-corrected chi connectivity index (χ4v) is 3.79. The Morgan fingerprint density at radius 1 is 1.03 bits per heavy atom. The number of rotatable bonds is 6. The van der Waals surface area contributed by atoms with Gasteiger partial charge in [0.15, 0.2) is 24.2 Å². The molecule has 1 atom stereocenters. The molecule has 0 saturated carbocycles. The number of hydrogen-bond donors (Lipinski definition) is 0. The number of benzene rings is 2. The van der Waals surface area contributed by atoms with Gasteiger partial charge >= 0.3 is 5.97 Å². The van der Waals surface area contributed by atoms with Crippen molar-refractivity contribution >= 4 is 11.8 Å². The van der Waals surface area contributed by atoms with Crippen molar-refractivity contribution in [3.8, 4) is 11.5 Å². The van der Waals surface area contributed by atoms with Gasteiger partial charge in [0.25, 0.3) is 0 Å².